The SMILES string of the molecule is Cc1nn(-c2cc(Oc3ccc(NS(=O)(=O)CCOc4ccccc4)cc3)ncn2)c(C)c1C. The van der Waals surface area contributed by atoms with Crippen molar-refractivity contribution in [2.45, 2.75) is 20.8 Å². The van der Waals surface area contributed by atoms with Crippen molar-refractivity contribution in [2.75, 3.05) is 17.1 Å². The van der Waals surface area contributed by atoms with Gasteiger partial charge in [0, 0.05) is 17.4 Å². The first-order valence-corrected chi connectivity index (χ1v) is 12.3. The van der Waals surface area contributed by atoms with Crippen LogP contribution in [0.1, 0.15) is 17.0 Å². The number of nitrogens with one attached hydrogen (secondary N) is 1. The fourth-order valence-corrected chi connectivity index (χ4v) is 4.07. The molecule has 2 aromatic carbocycles. The van der Waals surface area contributed by atoms with Gasteiger partial charge in [-0.05, 0) is 62.7 Å². The van der Waals surface area contributed by atoms with Crippen LogP contribution < -0.4 is 14.2 Å². The first kappa shape index (κ1) is 23.2. The molecule has 0 atom stereocenters. The lowest BCUT2D eigenvalue weighted by Crippen LogP contribution is -2.21. The molecule has 176 valence electrons. The molecule has 10 heteroatoms. The number of aromatic nitrogens is 4. The Morgan fingerprint density at radius 3 is 2.35 bits per heavy atom. The van der Waals surface area contributed by atoms with Gasteiger partial charge < -0.3 is 9.47 Å². The zero-order chi connectivity index (χ0) is 24.1. The Morgan fingerprint density at radius 2 is 1.68 bits per heavy atom. The van der Waals surface area contributed by atoms with Gasteiger partial charge in [-0.3, -0.25) is 4.72 Å². The van der Waals surface area contributed by atoms with Crippen molar-refractivity contribution < 1.29 is 17.9 Å². The number of ether oxygens (including phenoxy) is 2. The smallest absolute Gasteiger partial charge is 0.236 e. The van der Waals surface area contributed by atoms with Crippen LogP contribution in [0.2, 0.25) is 0 Å². The van der Waals surface area contributed by atoms with Gasteiger partial charge in [-0.15, -0.1) is 0 Å². The van der Waals surface area contributed by atoms with Gasteiger partial charge in [-0.25, -0.2) is 23.1 Å². The third-order valence-corrected chi connectivity index (χ3v) is 6.46. The van der Waals surface area contributed by atoms with Crippen molar-refractivity contribution in [1.82, 2.24) is 19.7 Å². The van der Waals surface area contributed by atoms with E-state index in [2.05, 4.69) is 19.8 Å². The Hall–Kier alpha value is -3.92. The predicted molar refractivity (Wildman–Crippen MR) is 129 cm³/mol. The lowest BCUT2D eigenvalue weighted by atomic mass is 10.2. The van der Waals surface area contributed by atoms with Gasteiger partial charge in [0.1, 0.15) is 30.2 Å². The number of anilines is 1. The van der Waals surface area contributed by atoms with Gasteiger partial charge in [-0.2, -0.15) is 5.10 Å². The van der Waals surface area contributed by atoms with E-state index in [4.69, 9.17) is 9.47 Å². The van der Waals surface area contributed by atoms with E-state index in [0.29, 0.717) is 28.9 Å². The average Bonchev–Trinajstić information content (AvgIpc) is 3.08. The Labute approximate surface area is 198 Å². The van der Waals surface area contributed by atoms with Crippen LogP contribution in [0.3, 0.4) is 0 Å². The quantitative estimate of drug-likeness (QED) is 0.383. The maximum Gasteiger partial charge on any atom is 0.236 e. The number of para-hydroxylation sites is 1. The van der Waals surface area contributed by atoms with Crippen LogP contribution in [0.15, 0.2) is 67.0 Å². The Balaban J connectivity index is 1.37. The molecule has 0 saturated heterocycles. The number of hydrogen-bond donors (Lipinski definition) is 1. The second kappa shape index (κ2) is 9.92. The number of sulfonamides is 1. The molecule has 0 aliphatic rings. The normalized spacial score (nSPS) is 11.3. The van der Waals surface area contributed by atoms with Gasteiger partial charge >= 0.3 is 0 Å². The van der Waals surface area contributed by atoms with Crippen LogP contribution in [0.25, 0.3) is 5.82 Å². The van der Waals surface area contributed by atoms with E-state index >= 15 is 0 Å². The van der Waals surface area contributed by atoms with Gasteiger partial charge in [0.25, 0.3) is 0 Å². The maximum atomic E-state index is 12.3. The molecule has 9 nitrogen and oxygen atoms in total. The highest BCUT2D eigenvalue weighted by molar-refractivity contribution is 7.92. The van der Waals surface area contributed by atoms with Gasteiger partial charge in [-0.1, -0.05) is 18.2 Å². The first-order valence-electron chi connectivity index (χ1n) is 10.6. The zero-order valence-corrected chi connectivity index (χ0v) is 19.9. The van der Waals surface area contributed by atoms with E-state index in [1.165, 1.54) is 6.33 Å². The summed E-state index contributed by atoms with van der Waals surface area (Å²) in [6.07, 6.45) is 1.41. The number of benzene rings is 2. The van der Waals surface area contributed by atoms with Crippen LogP contribution >= 0.6 is 0 Å². The molecule has 0 spiro atoms. The number of aryl methyl sites for hydroxylation is 1. The highest BCUT2D eigenvalue weighted by atomic mass is 32.2. The molecular weight excluding hydrogens is 454 g/mol. The van der Waals surface area contributed by atoms with E-state index < -0.39 is 10.0 Å². The van der Waals surface area contributed by atoms with Crippen molar-refractivity contribution in [3.8, 4) is 23.2 Å². The summed E-state index contributed by atoms with van der Waals surface area (Å²) < 4.78 is 40.3. The fraction of sp³-hybridized carbons (Fsp3) is 0.208. The fourth-order valence-electron chi connectivity index (χ4n) is 3.17. The van der Waals surface area contributed by atoms with E-state index in [1.54, 1.807) is 47.1 Å². The van der Waals surface area contributed by atoms with Crippen molar-refractivity contribution in [1.29, 1.82) is 0 Å². The molecule has 34 heavy (non-hydrogen) atoms. The van der Waals surface area contributed by atoms with Gasteiger partial charge in [0.05, 0.1) is 5.69 Å². The molecule has 1 N–H and O–H groups in total. The number of nitrogens with zero attached hydrogens (tertiary/aromatic N) is 4. The molecule has 4 aromatic rings. The minimum atomic E-state index is -3.56. The molecule has 0 fully saturated rings. The molecule has 0 bridgehead atoms. The van der Waals surface area contributed by atoms with Crippen LogP contribution in [0, 0.1) is 20.8 Å². The largest absolute Gasteiger partial charge is 0.492 e. The van der Waals surface area contributed by atoms with Crippen LogP contribution in [0.4, 0.5) is 5.69 Å². The highest BCUT2D eigenvalue weighted by Gasteiger charge is 2.13. The standard InChI is InChI=1S/C24H25N5O4S/c1-17-18(2)27-29(19(17)3)23-15-24(26-16-25-23)33-22-11-9-20(10-12-22)28-34(30,31)14-13-32-21-7-5-4-6-8-21/h4-12,15-16,28H,13-14H2,1-3H3. The molecule has 2 aromatic heterocycles. The summed E-state index contributed by atoms with van der Waals surface area (Å²) in [7, 11) is -3.56. The summed E-state index contributed by atoms with van der Waals surface area (Å²) in [4.78, 5) is 8.45. The third-order valence-electron chi connectivity index (χ3n) is 5.21. The van der Waals surface area contributed by atoms with Crippen molar-refractivity contribution in [2.24, 2.45) is 0 Å². The van der Waals surface area contributed by atoms with Gasteiger partial charge in [0.15, 0.2) is 5.82 Å². The third kappa shape index (κ3) is 5.70. The summed E-state index contributed by atoms with van der Waals surface area (Å²) in [5.74, 6) is 1.90. The summed E-state index contributed by atoms with van der Waals surface area (Å²) in [6, 6.07) is 17.3. The lowest BCUT2D eigenvalue weighted by Gasteiger charge is -2.11. The van der Waals surface area contributed by atoms with E-state index in [0.717, 1.165) is 17.0 Å². The monoisotopic (exact) mass is 479 g/mol. The highest BCUT2D eigenvalue weighted by Crippen LogP contribution is 2.24. The molecular formula is C24H25N5O4S. The van der Waals surface area contributed by atoms with E-state index in [-0.39, 0.29) is 12.4 Å². The number of hydrogen-bond acceptors (Lipinski definition) is 7. The Morgan fingerprint density at radius 1 is 0.941 bits per heavy atom. The topological polar surface area (TPSA) is 108 Å². The van der Waals surface area contributed by atoms with Crippen LogP contribution in [-0.4, -0.2) is 40.5 Å². The molecule has 0 unspecified atom stereocenters. The van der Waals surface area contributed by atoms with Crippen molar-refractivity contribution in [3.05, 3.63) is 83.9 Å². The molecule has 4 rings (SSSR count). The Kier molecular flexibility index (Phi) is 6.78. The maximum absolute atomic E-state index is 12.3. The average molecular weight is 480 g/mol. The van der Waals surface area contributed by atoms with E-state index in [9.17, 15) is 8.42 Å². The lowest BCUT2D eigenvalue weighted by molar-refractivity contribution is 0.341. The number of rotatable bonds is 9. The summed E-state index contributed by atoms with van der Waals surface area (Å²) in [5.41, 5.74) is 3.45. The molecule has 0 aliphatic heterocycles. The zero-order valence-electron chi connectivity index (χ0n) is 19.1. The van der Waals surface area contributed by atoms with Gasteiger partial charge in [0.2, 0.25) is 15.9 Å². The molecule has 0 saturated carbocycles. The minimum Gasteiger partial charge on any atom is -0.492 e. The first-order chi connectivity index (χ1) is 16.3. The summed E-state index contributed by atoms with van der Waals surface area (Å²) >= 11 is 0. The molecule has 0 radical (unpaired) electrons. The van der Waals surface area contributed by atoms with Crippen molar-refractivity contribution >= 4 is 15.7 Å². The van der Waals surface area contributed by atoms with E-state index in [1.807, 2.05) is 39.0 Å². The summed E-state index contributed by atoms with van der Waals surface area (Å²) in [6.45, 7) is 5.99. The minimum absolute atomic E-state index is 0.0470. The Bertz CT molecular complexity index is 1370. The second-order valence-electron chi connectivity index (χ2n) is 7.63. The molecule has 0 amide bonds. The molecule has 0 aliphatic carbocycles. The second-order valence-corrected chi connectivity index (χ2v) is 9.47. The van der Waals surface area contributed by atoms with Crippen LogP contribution in [0.5, 0.6) is 17.4 Å². The van der Waals surface area contributed by atoms with Crippen LogP contribution in [-0.2, 0) is 10.0 Å². The predicted octanol–water partition coefficient (Wildman–Crippen LogP) is 4.20. The van der Waals surface area contributed by atoms with Crippen molar-refractivity contribution in [3.63, 3.8) is 0 Å². The molecule has 2 heterocycles. The summed E-state index contributed by atoms with van der Waals surface area (Å²) in [5, 5.41) is 4.51.